The Hall–Kier alpha value is -2.93. The van der Waals surface area contributed by atoms with Crippen LogP contribution >= 0.6 is 0 Å². The van der Waals surface area contributed by atoms with Gasteiger partial charge in [0, 0.05) is 18.2 Å². The van der Waals surface area contributed by atoms with E-state index in [1.807, 2.05) is 30.3 Å². The van der Waals surface area contributed by atoms with Crippen LogP contribution in [0.5, 0.6) is 0 Å². The SMILES string of the molecule is CC(=O)c1cccc(S(=O)(=O)Nc2cnn(C)c2-c2ccccc2)c1. The van der Waals surface area contributed by atoms with Gasteiger partial charge < -0.3 is 0 Å². The van der Waals surface area contributed by atoms with Crippen molar-refractivity contribution in [3.8, 4) is 11.3 Å². The van der Waals surface area contributed by atoms with Crippen LogP contribution in [0.15, 0.2) is 65.7 Å². The molecule has 1 aromatic heterocycles. The molecule has 0 aliphatic rings. The number of aromatic nitrogens is 2. The largest absolute Gasteiger partial charge is 0.295 e. The van der Waals surface area contributed by atoms with Crippen LogP contribution in [0.3, 0.4) is 0 Å². The van der Waals surface area contributed by atoms with E-state index < -0.39 is 10.0 Å². The first-order valence-electron chi connectivity index (χ1n) is 7.60. The molecule has 1 heterocycles. The monoisotopic (exact) mass is 355 g/mol. The third-order valence-corrected chi connectivity index (χ3v) is 5.14. The fourth-order valence-electron chi connectivity index (χ4n) is 2.54. The van der Waals surface area contributed by atoms with Crippen LogP contribution in [0.1, 0.15) is 17.3 Å². The number of ketones is 1. The van der Waals surface area contributed by atoms with Crippen molar-refractivity contribution in [3.63, 3.8) is 0 Å². The lowest BCUT2D eigenvalue weighted by Crippen LogP contribution is -2.14. The van der Waals surface area contributed by atoms with Crippen molar-refractivity contribution < 1.29 is 13.2 Å². The molecule has 0 amide bonds. The molecule has 0 aliphatic heterocycles. The second-order valence-corrected chi connectivity index (χ2v) is 7.27. The molecule has 0 spiro atoms. The summed E-state index contributed by atoms with van der Waals surface area (Å²) in [4.78, 5) is 11.5. The van der Waals surface area contributed by atoms with E-state index in [1.165, 1.54) is 25.3 Å². The smallest absolute Gasteiger partial charge is 0.262 e. The van der Waals surface area contributed by atoms with Crippen molar-refractivity contribution in [2.45, 2.75) is 11.8 Å². The number of hydrogen-bond acceptors (Lipinski definition) is 4. The van der Waals surface area contributed by atoms with Gasteiger partial charge in [-0.05, 0) is 19.1 Å². The van der Waals surface area contributed by atoms with E-state index in [0.29, 0.717) is 16.9 Å². The van der Waals surface area contributed by atoms with Crippen molar-refractivity contribution in [2.75, 3.05) is 4.72 Å². The molecule has 0 aliphatic carbocycles. The fourth-order valence-corrected chi connectivity index (χ4v) is 3.63. The Morgan fingerprint density at radius 2 is 1.80 bits per heavy atom. The number of benzene rings is 2. The Kier molecular flexibility index (Phi) is 4.41. The van der Waals surface area contributed by atoms with Gasteiger partial charge in [0.05, 0.1) is 22.5 Å². The summed E-state index contributed by atoms with van der Waals surface area (Å²) in [6.07, 6.45) is 1.47. The van der Waals surface area contributed by atoms with Crippen LogP contribution < -0.4 is 4.72 Å². The van der Waals surface area contributed by atoms with Gasteiger partial charge in [-0.25, -0.2) is 8.42 Å². The number of sulfonamides is 1. The minimum atomic E-state index is -3.84. The third-order valence-electron chi connectivity index (χ3n) is 3.78. The maximum absolute atomic E-state index is 12.7. The number of carbonyl (C=O) groups is 1. The number of hydrogen-bond donors (Lipinski definition) is 1. The molecule has 0 unspecified atom stereocenters. The number of rotatable bonds is 5. The summed E-state index contributed by atoms with van der Waals surface area (Å²) >= 11 is 0. The number of anilines is 1. The molecule has 0 fully saturated rings. The van der Waals surface area contributed by atoms with Gasteiger partial charge in [0.2, 0.25) is 0 Å². The van der Waals surface area contributed by atoms with Gasteiger partial charge in [0.15, 0.2) is 5.78 Å². The molecule has 7 heteroatoms. The van der Waals surface area contributed by atoms with Crippen molar-refractivity contribution >= 4 is 21.5 Å². The molecule has 0 bridgehead atoms. The topological polar surface area (TPSA) is 81.1 Å². The van der Waals surface area contributed by atoms with E-state index in [9.17, 15) is 13.2 Å². The average Bonchev–Trinajstić information content (AvgIpc) is 2.95. The summed E-state index contributed by atoms with van der Waals surface area (Å²) < 4.78 is 29.6. The number of Topliss-reactive ketones (excluding diaryl/α,β-unsaturated/α-hetero) is 1. The first-order chi connectivity index (χ1) is 11.9. The molecule has 6 nitrogen and oxygen atoms in total. The summed E-state index contributed by atoms with van der Waals surface area (Å²) in [5, 5.41) is 4.15. The quantitative estimate of drug-likeness (QED) is 0.713. The summed E-state index contributed by atoms with van der Waals surface area (Å²) in [7, 11) is -2.10. The molecule has 0 atom stereocenters. The maximum atomic E-state index is 12.7. The standard InChI is InChI=1S/C18H17N3O3S/c1-13(22)15-9-6-10-16(11-15)25(23,24)20-17-12-19-21(2)18(17)14-7-4-3-5-8-14/h3-12,20H,1-2H3. The van der Waals surface area contributed by atoms with Crippen LogP contribution in [0.4, 0.5) is 5.69 Å². The normalized spacial score (nSPS) is 11.3. The first-order valence-corrected chi connectivity index (χ1v) is 9.08. The van der Waals surface area contributed by atoms with Gasteiger partial charge in [-0.15, -0.1) is 0 Å². The highest BCUT2D eigenvalue weighted by molar-refractivity contribution is 7.92. The molecular weight excluding hydrogens is 338 g/mol. The molecule has 0 saturated carbocycles. The van der Waals surface area contributed by atoms with E-state index >= 15 is 0 Å². The van der Waals surface area contributed by atoms with Crippen LogP contribution in [0.25, 0.3) is 11.3 Å². The van der Waals surface area contributed by atoms with E-state index in [2.05, 4.69) is 9.82 Å². The van der Waals surface area contributed by atoms with E-state index in [1.54, 1.807) is 23.9 Å². The number of carbonyl (C=O) groups excluding carboxylic acids is 1. The number of aryl methyl sites for hydroxylation is 1. The Bertz CT molecular complexity index is 1020. The Morgan fingerprint density at radius 1 is 1.08 bits per heavy atom. The Labute approximate surface area is 146 Å². The fraction of sp³-hybridized carbons (Fsp3) is 0.111. The lowest BCUT2D eigenvalue weighted by atomic mass is 10.1. The Morgan fingerprint density at radius 3 is 2.48 bits per heavy atom. The molecule has 0 radical (unpaired) electrons. The second kappa shape index (κ2) is 6.52. The van der Waals surface area contributed by atoms with Gasteiger partial charge >= 0.3 is 0 Å². The molecule has 25 heavy (non-hydrogen) atoms. The molecular formula is C18H17N3O3S. The minimum Gasteiger partial charge on any atom is -0.295 e. The molecule has 128 valence electrons. The molecule has 1 N–H and O–H groups in total. The Balaban J connectivity index is 2.00. The highest BCUT2D eigenvalue weighted by atomic mass is 32.2. The highest BCUT2D eigenvalue weighted by Crippen LogP contribution is 2.29. The summed E-state index contributed by atoms with van der Waals surface area (Å²) in [5.74, 6) is -0.191. The lowest BCUT2D eigenvalue weighted by molar-refractivity contribution is 0.101. The van der Waals surface area contributed by atoms with Gasteiger partial charge in [0.1, 0.15) is 0 Å². The highest BCUT2D eigenvalue weighted by Gasteiger charge is 2.20. The maximum Gasteiger partial charge on any atom is 0.262 e. The van der Waals surface area contributed by atoms with E-state index in [-0.39, 0.29) is 10.7 Å². The number of nitrogens with one attached hydrogen (secondary N) is 1. The van der Waals surface area contributed by atoms with Crippen LogP contribution in [0, 0.1) is 0 Å². The molecule has 3 aromatic rings. The van der Waals surface area contributed by atoms with Gasteiger partial charge in [-0.1, -0.05) is 42.5 Å². The zero-order valence-electron chi connectivity index (χ0n) is 13.8. The van der Waals surface area contributed by atoms with Crippen molar-refractivity contribution in [1.29, 1.82) is 0 Å². The molecule has 3 rings (SSSR count). The second-order valence-electron chi connectivity index (χ2n) is 5.59. The van der Waals surface area contributed by atoms with E-state index in [0.717, 1.165) is 5.56 Å². The average molecular weight is 355 g/mol. The zero-order valence-corrected chi connectivity index (χ0v) is 14.6. The summed E-state index contributed by atoms with van der Waals surface area (Å²) in [6.45, 7) is 1.40. The minimum absolute atomic E-state index is 0.0306. The van der Waals surface area contributed by atoms with Crippen molar-refractivity contribution in [1.82, 2.24) is 9.78 Å². The van der Waals surface area contributed by atoms with Crippen LogP contribution in [-0.4, -0.2) is 24.0 Å². The summed E-state index contributed by atoms with van der Waals surface area (Å²) in [5.41, 5.74) is 2.23. The van der Waals surface area contributed by atoms with Gasteiger partial charge in [0.25, 0.3) is 10.0 Å². The van der Waals surface area contributed by atoms with Gasteiger partial charge in [-0.3, -0.25) is 14.2 Å². The summed E-state index contributed by atoms with van der Waals surface area (Å²) in [6, 6.07) is 15.3. The predicted octanol–water partition coefficient (Wildman–Crippen LogP) is 3.09. The van der Waals surface area contributed by atoms with Crippen LogP contribution in [-0.2, 0) is 17.1 Å². The zero-order chi connectivity index (χ0) is 18.0. The first kappa shape index (κ1) is 16.9. The number of nitrogens with zero attached hydrogens (tertiary/aromatic N) is 2. The van der Waals surface area contributed by atoms with Gasteiger partial charge in [-0.2, -0.15) is 5.10 Å². The van der Waals surface area contributed by atoms with Crippen LogP contribution in [0.2, 0.25) is 0 Å². The molecule has 2 aromatic carbocycles. The third kappa shape index (κ3) is 3.46. The van der Waals surface area contributed by atoms with Crippen molar-refractivity contribution in [3.05, 3.63) is 66.4 Å². The lowest BCUT2D eigenvalue weighted by Gasteiger charge is -2.10. The van der Waals surface area contributed by atoms with Crippen molar-refractivity contribution in [2.24, 2.45) is 7.05 Å². The van der Waals surface area contributed by atoms with E-state index in [4.69, 9.17) is 0 Å². The molecule has 0 saturated heterocycles. The predicted molar refractivity (Wildman–Crippen MR) is 95.9 cm³/mol.